The lowest BCUT2D eigenvalue weighted by Gasteiger charge is -2.38. The van der Waals surface area contributed by atoms with Crippen LogP contribution in [0.2, 0.25) is 0 Å². The molecule has 3 unspecified atom stereocenters. The van der Waals surface area contributed by atoms with Gasteiger partial charge in [0.1, 0.15) is 0 Å². The predicted octanol–water partition coefficient (Wildman–Crippen LogP) is 9.54. The number of nitrogens with zero attached hydrogens (tertiary/aromatic N) is 2. The number of carbonyl (C=O) groups is 1. The minimum Gasteiger partial charge on any atom is -0.378 e. The van der Waals surface area contributed by atoms with E-state index in [0.29, 0.717) is 24.4 Å². The van der Waals surface area contributed by atoms with Crippen molar-refractivity contribution in [2.75, 3.05) is 26.7 Å². The Bertz CT molecular complexity index is 513. The smallest absolute Gasteiger partial charge is 0.222 e. The number of carbonyl (C=O) groups excluding carboxylic acids is 1. The highest BCUT2D eigenvalue weighted by molar-refractivity contribution is 5.78. The van der Waals surface area contributed by atoms with Crippen LogP contribution in [0.1, 0.15) is 169 Å². The van der Waals surface area contributed by atoms with Crippen LogP contribution in [0.5, 0.6) is 0 Å². The highest BCUT2D eigenvalue weighted by Gasteiger charge is 2.27. The summed E-state index contributed by atoms with van der Waals surface area (Å²) in [7, 11) is 1.83. The molecule has 1 fully saturated rings. The van der Waals surface area contributed by atoms with E-state index in [4.69, 9.17) is 4.74 Å². The first-order valence-corrected chi connectivity index (χ1v) is 17.1. The Morgan fingerprint density at radius 3 is 1.50 bits per heavy atom. The topological polar surface area (TPSA) is 32.8 Å². The molecule has 0 aromatic heterocycles. The Morgan fingerprint density at radius 2 is 1.13 bits per heavy atom. The van der Waals surface area contributed by atoms with Gasteiger partial charge in [-0.25, -0.2) is 0 Å². The van der Waals surface area contributed by atoms with Crippen LogP contribution in [0.25, 0.3) is 0 Å². The van der Waals surface area contributed by atoms with E-state index in [1.54, 1.807) is 0 Å². The summed E-state index contributed by atoms with van der Waals surface area (Å²) < 4.78 is 5.95. The van der Waals surface area contributed by atoms with Crippen molar-refractivity contribution >= 4 is 5.91 Å². The maximum Gasteiger partial charge on any atom is 0.222 e. The number of amides is 1. The summed E-state index contributed by atoms with van der Waals surface area (Å²) >= 11 is 0. The summed E-state index contributed by atoms with van der Waals surface area (Å²) in [6.07, 6.45) is 29.4. The van der Waals surface area contributed by atoms with Crippen LogP contribution in [0, 0.1) is 0 Å². The second-order valence-electron chi connectivity index (χ2n) is 12.4. The fourth-order valence-corrected chi connectivity index (χ4v) is 6.21. The zero-order chi connectivity index (χ0) is 27.8. The van der Waals surface area contributed by atoms with E-state index < -0.39 is 0 Å². The first kappa shape index (κ1) is 35.4. The second-order valence-corrected chi connectivity index (χ2v) is 12.4. The van der Waals surface area contributed by atoms with Gasteiger partial charge in [0.25, 0.3) is 0 Å². The molecule has 0 aliphatic carbocycles. The van der Waals surface area contributed by atoms with Crippen molar-refractivity contribution in [3.63, 3.8) is 0 Å². The molecule has 38 heavy (non-hydrogen) atoms. The van der Waals surface area contributed by atoms with Crippen LogP contribution in [0.4, 0.5) is 0 Å². The van der Waals surface area contributed by atoms with Gasteiger partial charge in [0, 0.05) is 45.2 Å². The Kier molecular flexibility index (Phi) is 22.6. The Balaban J connectivity index is 2.46. The average molecular weight is 537 g/mol. The van der Waals surface area contributed by atoms with Crippen molar-refractivity contribution in [1.82, 2.24) is 9.80 Å². The van der Waals surface area contributed by atoms with Crippen molar-refractivity contribution in [2.24, 2.45) is 0 Å². The first-order valence-electron chi connectivity index (χ1n) is 17.1. The Hall–Kier alpha value is -0.610. The number of ether oxygens (including phenoxy) is 1. The Labute approximate surface area is 239 Å². The van der Waals surface area contributed by atoms with Crippen molar-refractivity contribution < 1.29 is 9.53 Å². The summed E-state index contributed by atoms with van der Waals surface area (Å²) in [5, 5.41) is 0. The number of methoxy groups -OCH3 is 1. The molecule has 1 aliphatic rings. The van der Waals surface area contributed by atoms with E-state index in [9.17, 15) is 4.79 Å². The van der Waals surface area contributed by atoms with Crippen LogP contribution in [-0.4, -0.2) is 60.6 Å². The maximum absolute atomic E-state index is 12.2. The number of unbranched alkanes of at least 4 members (excludes halogenated alkanes) is 16. The van der Waals surface area contributed by atoms with E-state index in [1.807, 2.05) is 12.0 Å². The fraction of sp³-hybridized carbons (Fsp3) is 0.971. The number of likely N-dealkylation sites (tertiary alicyclic amines) is 1. The number of hydrogen-bond acceptors (Lipinski definition) is 3. The van der Waals surface area contributed by atoms with Gasteiger partial charge in [-0.05, 0) is 33.1 Å². The Morgan fingerprint density at radius 1 is 0.711 bits per heavy atom. The molecule has 3 atom stereocenters. The predicted molar refractivity (Wildman–Crippen MR) is 166 cm³/mol. The largest absolute Gasteiger partial charge is 0.378 e. The van der Waals surface area contributed by atoms with E-state index in [0.717, 1.165) is 26.1 Å². The van der Waals surface area contributed by atoms with Gasteiger partial charge in [0.05, 0.1) is 6.10 Å². The SMILES string of the molecule is CCCCCCCCCCCC(C)N(CC(CN1CCCC1=O)OC)C(C)CCCCCCCCCCC. The monoisotopic (exact) mass is 537 g/mol. The van der Waals surface area contributed by atoms with E-state index >= 15 is 0 Å². The molecule has 4 heteroatoms. The van der Waals surface area contributed by atoms with Gasteiger partial charge >= 0.3 is 0 Å². The summed E-state index contributed by atoms with van der Waals surface area (Å²) in [4.78, 5) is 17.0. The van der Waals surface area contributed by atoms with Gasteiger partial charge < -0.3 is 9.64 Å². The molecule has 1 heterocycles. The van der Waals surface area contributed by atoms with Crippen molar-refractivity contribution in [3.05, 3.63) is 0 Å². The normalized spacial score (nSPS) is 16.5. The lowest BCUT2D eigenvalue weighted by molar-refractivity contribution is -0.129. The third kappa shape index (κ3) is 17.2. The van der Waals surface area contributed by atoms with Gasteiger partial charge in [-0.15, -0.1) is 0 Å². The molecule has 0 saturated carbocycles. The standard InChI is InChI=1S/C34H68N2O2/c1-6-8-10-12-14-16-18-20-22-25-31(3)36(30-33(38-5)29-35-28-24-27-34(35)37)32(4)26-23-21-19-17-15-13-11-9-7-2/h31-33H,6-30H2,1-5H3. The van der Waals surface area contributed by atoms with Crippen LogP contribution in [0.3, 0.4) is 0 Å². The molecule has 4 nitrogen and oxygen atoms in total. The fourth-order valence-electron chi connectivity index (χ4n) is 6.21. The number of hydrogen-bond donors (Lipinski definition) is 0. The van der Waals surface area contributed by atoms with Gasteiger partial charge in [-0.2, -0.15) is 0 Å². The van der Waals surface area contributed by atoms with Crippen molar-refractivity contribution in [3.8, 4) is 0 Å². The first-order chi connectivity index (χ1) is 18.5. The van der Waals surface area contributed by atoms with Crippen molar-refractivity contribution in [1.29, 1.82) is 0 Å². The molecule has 1 amide bonds. The number of rotatable bonds is 27. The van der Waals surface area contributed by atoms with Crippen LogP contribution >= 0.6 is 0 Å². The molecular weight excluding hydrogens is 468 g/mol. The maximum atomic E-state index is 12.2. The molecule has 1 aliphatic heterocycles. The molecule has 0 N–H and O–H groups in total. The summed E-state index contributed by atoms with van der Waals surface area (Å²) in [6, 6.07) is 1.14. The summed E-state index contributed by atoms with van der Waals surface area (Å²) in [5.41, 5.74) is 0. The molecule has 0 aromatic carbocycles. The minimum atomic E-state index is 0.105. The molecule has 1 saturated heterocycles. The molecule has 0 aromatic rings. The lowest BCUT2D eigenvalue weighted by atomic mass is 10.0. The zero-order valence-electron chi connectivity index (χ0n) is 26.6. The zero-order valence-corrected chi connectivity index (χ0v) is 26.6. The van der Waals surface area contributed by atoms with Crippen LogP contribution in [0.15, 0.2) is 0 Å². The summed E-state index contributed by atoms with van der Waals surface area (Å²) in [6.45, 7) is 12.1. The second kappa shape index (κ2) is 24.2. The quantitative estimate of drug-likeness (QED) is 0.0980. The van der Waals surface area contributed by atoms with Gasteiger partial charge in [0.15, 0.2) is 0 Å². The van der Waals surface area contributed by atoms with Crippen LogP contribution < -0.4 is 0 Å². The molecule has 0 bridgehead atoms. The van der Waals surface area contributed by atoms with Crippen molar-refractivity contribution in [2.45, 2.75) is 187 Å². The highest BCUT2D eigenvalue weighted by atomic mass is 16.5. The molecule has 226 valence electrons. The lowest BCUT2D eigenvalue weighted by Crippen LogP contribution is -2.48. The third-order valence-electron chi connectivity index (χ3n) is 8.93. The van der Waals surface area contributed by atoms with E-state index in [2.05, 4.69) is 32.6 Å². The average Bonchev–Trinajstić information content (AvgIpc) is 3.32. The molecule has 1 rings (SSSR count). The minimum absolute atomic E-state index is 0.105. The molecular formula is C34H68N2O2. The molecule has 0 radical (unpaired) electrons. The van der Waals surface area contributed by atoms with Gasteiger partial charge in [0.2, 0.25) is 5.91 Å². The molecule has 0 spiro atoms. The van der Waals surface area contributed by atoms with Crippen LogP contribution in [-0.2, 0) is 9.53 Å². The van der Waals surface area contributed by atoms with E-state index in [-0.39, 0.29) is 6.10 Å². The van der Waals surface area contributed by atoms with E-state index in [1.165, 1.54) is 128 Å². The third-order valence-corrected chi connectivity index (χ3v) is 8.93. The highest BCUT2D eigenvalue weighted by Crippen LogP contribution is 2.21. The summed E-state index contributed by atoms with van der Waals surface area (Å²) in [5.74, 6) is 0.309. The van der Waals surface area contributed by atoms with Gasteiger partial charge in [-0.1, -0.05) is 129 Å². The van der Waals surface area contributed by atoms with Gasteiger partial charge in [-0.3, -0.25) is 9.69 Å².